The molecule has 1 N–H and O–H groups in total. The molecule has 2 nitrogen and oxygen atoms in total. The van der Waals surface area contributed by atoms with E-state index in [9.17, 15) is 0 Å². The fourth-order valence-electron chi connectivity index (χ4n) is 0.736. The van der Waals surface area contributed by atoms with Gasteiger partial charge in [-0.25, -0.2) is 0 Å². The van der Waals surface area contributed by atoms with Gasteiger partial charge in [0, 0.05) is 0 Å². The Morgan fingerprint density at radius 2 is 2.00 bits per heavy atom. The molecule has 0 bridgehead atoms. The number of nitrogens with one attached hydrogen (secondary N) is 1. The summed E-state index contributed by atoms with van der Waals surface area (Å²) in [6, 6.07) is 9.55. The van der Waals surface area contributed by atoms with E-state index in [1.807, 2.05) is 30.3 Å². The van der Waals surface area contributed by atoms with Crippen LogP contribution in [0.1, 0.15) is 0 Å². The molecule has 0 aliphatic rings. The van der Waals surface area contributed by atoms with E-state index in [0.29, 0.717) is 6.61 Å². The highest BCUT2D eigenvalue weighted by Gasteiger charge is 1.88. The first-order valence-corrected chi connectivity index (χ1v) is 4.48. The second-order valence-corrected chi connectivity index (χ2v) is 3.28. The minimum absolute atomic E-state index is 0.204. The summed E-state index contributed by atoms with van der Waals surface area (Å²) >= 11 is 10.8. The van der Waals surface area contributed by atoms with Gasteiger partial charge in [0.15, 0.2) is 0 Å². The third kappa shape index (κ3) is 4.78. The summed E-state index contributed by atoms with van der Waals surface area (Å²) in [6.45, 7) is 0.331. The van der Waals surface area contributed by atoms with Crippen molar-refractivity contribution < 1.29 is 4.84 Å². The molecular formula is C9H9Cl2NO. The summed E-state index contributed by atoms with van der Waals surface area (Å²) in [5, 5.41) is 0. The van der Waals surface area contributed by atoms with Crippen LogP contribution >= 0.6 is 23.2 Å². The van der Waals surface area contributed by atoms with Crippen molar-refractivity contribution in [1.29, 1.82) is 0 Å². The Labute approximate surface area is 87.1 Å². The van der Waals surface area contributed by atoms with Crippen LogP contribution in [-0.4, -0.2) is 6.61 Å². The van der Waals surface area contributed by atoms with E-state index in [1.165, 1.54) is 0 Å². The van der Waals surface area contributed by atoms with Crippen molar-refractivity contribution in [2.24, 2.45) is 0 Å². The Morgan fingerprint density at radius 3 is 2.62 bits per heavy atom. The maximum absolute atomic E-state index is 5.38. The summed E-state index contributed by atoms with van der Waals surface area (Å²) in [7, 11) is 0. The third-order valence-corrected chi connectivity index (χ3v) is 1.59. The fourth-order valence-corrected chi connectivity index (χ4v) is 0.862. The molecule has 0 radical (unpaired) electrons. The van der Waals surface area contributed by atoms with E-state index >= 15 is 0 Å². The molecule has 1 rings (SSSR count). The molecule has 0 aromatic heterocycles. The number of benzene rings is 1. The first-order valence-electron chi connectivity index (χ1n) is 3.73. The van der Waals surface area contributed by atoms with Crippen molar-refractivity contribution in [3.05, 3.63) is 40.9 Å². The van der Waals surface area contributed by atoms with Crippen molar-refractivity contribution in [2.45, 2.75) is 0 Å². The molecule has 0 amide bonds. The molecular weight excluding hydrogens is 209 g/mol. The van der Waals surface area contributed by atoms with E-state index in [4.69, 9.17) is 28.0 Å². The largest absolute Gasteiger partial charge is 0.272 e. The van der Waals surface area contributed by atoms with E-state index in [0.717, 1.165) is 5.69 Å². The Balaban J connectivity index is 2.25. The van der Waals surface area contributed by atoms with Crippen LogP contribution in [-0.2, 0) is 4.84 Å². The average Bonchev–Trinajstić information content (AvgIpc) is 2.14. The average molecular weight is 218 g/mol. The smallest absolute Gasteiger partial charge is 0.105 e. The molecule has 0 heterocycles. The number of hydrogen-bond acceptors (Lipinski definition) is 2. The minimum Gasteiger partial charge on any atom is -0.272 e. The molecule has 1 aromatic carbocycles. The van der Waals surface area contributed by atoms with Crippen LogP contribution in [0.2, 0.25) is 0 Å². The van der Waals surface area contributed by atoms with Gasteiger partial charge in [0.05, 0.1) is 12.3 Å². The van der Waals surface area contributed by atoms with Crippen LogP contribution < -0.4 is 5.48 Å². The number of halogens is 2. The monoisotopic (exact) mass is 217 g/mol. The van der Waals surface area contributed by atoms with Crippen LogP contribution in [0, 0.1) is 0 Å². The highest BCUT2D eigenvalue weighted by Crippen LogP contribution is 2.07. The summed E-state index contributed by atoms with van der Waals surface area (Å²) in [4.78, 5) is 5.04. The Morgan fingerprint density at radius 1 is 1.31 bits per heavy atom. The predicted molar refractivity (Wildman–Crippen MR) is 55.8 cm³/mol. The zero-order valence-electron chi connectivity index (χ0n) is 6.84. The SMILES string of the molecule is ClC(Cl)=CCONc1ccccc1. The molecule has 1 aromatic rings. The summed E-state index contributed by atoms with van der Waals surface area (Å²) in [5.74, 6) is 0. The highest BCUT2D eigenvalue weighted by molar-refractivity contribution is 6.55. The van der Waals surface area contributed by atoms with E-state index in [1.54, 1.807) is 6.08 Å². The van der Waals surface area contributed by atoms with Crippen molar-refractivity contribution >= 4 is 28.9 Å². The Bertz CT molecular complexity index is 270. The molecule has 0 atom stereocenters. The van der Waals surface area contributed by atoms with Crippen molar-refractivity contribution in [1.82, 2.24) is 0 Å². The Kier molecular flexibility index (Phi) is 4.68. The van der Waals surface area contributed by atoms with Crippen LogP contribution in [0.15, 0.2) is 40.9 Å². The van der Waals surface area contributed by atoms with Crippen LogP contribution in [0.3, 0.4) is 0 Å². The number of anilines is 1. The van der Waals surface area contributed by atoms with Crippen LogP contribution in [0.5, 0.6) is 0 Å². The minimum atomic E-state index is 0.204. The van der Waals surface area contributed by atoms with Gasteiger partial charge in [-0.15, -0.1) is 0 Å². The second-order valence-electron chi connectivity index (χ2n) is 2.27. The van der Waals surface area contributed by atoms with Gasteiger partial charge >= 0.3 is 0 Å². The molecule has 0 saturated heterocycles. The Hall–Kier alpha value is -0.700. The van der Waals surface area contributed by atoms with E-state index in [-0.39, 0.29) is 4.49 Å². The molecule has 4 heteroatoms. The van der Waals surface area contributed by atoms with Gasteiger partial charge in [0.25, 0.3) is 0 Å². The fraction of sp³-hybridized carbons (Fsp3) is 0.111. The van der Waals surface area contributed by atoms with Gasteiger partial charge in [-0.05, 0) is 18.2 Å². The molecule has 0 fully saturated rings. The summed E-state index contributed by atoms with van der Waals surface area (Å²) in [6.07, 6.45) is 1.55. The van der Waals surface area contributed by atoms with Gasteiger partial charge in [-0.3, -0.25) is 10.3 Å². The first-order chi connectivity index (χ1) is 6.29. The lowest BCUT2D eigenvalue weighted by molar-refractivity contribution is 0.228. The second kappa shape index (κ2) is 5.86. The normalized spacial score (nSPS) is 9.38. The standard InChI is InChI=1S/C9H9Cl2NO/c10-9(11)6-7-13-12-8-4-2-1-3-5-8/h1-6,12H,7H2. The van der Waals surface area contributed by atoms with Crippen LogP contribution in [0.4, 0.5) is 5.69 Å². The molecule has 13 heavy (non-hydrogen) atoms. The summed E-state index contributed by atoms with van der Waals surface area (Å²) in [5.41, 5.74) is 3.63. The van der Waals surface area contributed by atoms with E-state index < -0.39 is 0 Å². The lowest BCUT2D eigenvalue weighted by Crippen LogP contribution is -2.00. The third-order valence-electron chi connectivity index (χ3n) is 1.28. The summed E-state index contributed by atoms with van der Waals surface area (Å²) < 4.78 is 0.204. The zero-order chi connectivity index (χ0) is 9.52. The maximum atomic E-state index is 5.38. The first kappa shape index (κ1) is 10.4. The van der Waals surface area contributed by atoms with E-state index in [2.05, 4.69) is 5.48 Å². The van der Waals surface area contributed by atoms with Gasteiger partial charge in [0.1, 0.15) is 4.49 Å². The molecule has 0 saturated carbocycles. The van der Waals surface area contributed by atoms with Crippen molar-refractivity contribution in [2.75, 3.05) is 12.1 Å². The lowest BCUT2D eigenvalue weighted by Gasteiger charge is -2.03. The zero-order valence-corrected chi connectivity index (χ0v) is 8.35. The predicted octanol–water partition coefficient (Wildman–Crippen LogP) is 3.35. The van der Waals surface area contributed by atoms with Crippen molar-refractivity contribution in [3.8, 4) is 0 Å². The van der Waals surface area contributed by atoms with Crippen LogP contribution in [0.25, 0.3) is 0 Å². The number of para-hydroxylation sites is 1. The number of rotatable bonds is 4. The molecule has 0 unspecified atom stereocenters. The highest BCUT2D eigenvalue weighted by atomic mass is 35.5. The number of hydrogen-bond donors (Lipinski definition) is 1. The molecule has 0 aliphatic heterocycles. The van der Waals surface area contributed by atoms with Gasteiger partial charge in [-0.1, -0.05) is 41.4 Å². The van der Waals surface area contributed by atoms with Crippen molar-refractivity contribution in [3.63, 3.8) is 0 Å². The van der Waals surface area contributed by atoms with Gasteiger partial charge < -0.3 is 0 Å². The quantitative estimate of drug-likeness (QED) is 0.618. The van der Waals surface area contributed by atoms with Gasteiger partial charge in [0.2, 0.25) is 0 Å². The maximum Gasteiger partial charge on any atom is 0.105 e. The molecule has 70 valence electrons. The molecule has 0 aliphatic carbocycles. The lowest BCUT2D eigenvalue weighted by atomic mass is 10.3. The molecule has 0 spiro atoms. The van der Waals surface area contributed by atoms with Gasteiger partial charge in [-0.2, -0.15) is 0 Å². The topological polar surface area (TPSA) is 21.3 Å².